The molecule has 1 aromatic heterocycles. The Kier molecular flexibility index (Phi) is 2.97. The van der Waals surface area contributed by atoms with Gasteiger partial charge in [0.25, 0.3) is 0 Å². The molecule has 0 saturated heterocycles. The number of fused-ring (bicyclic) bond motifs is 1. The Morgan fingerprint density at radius 1 is 1.30 bits per heavy atom. The van der Waals surface area contributed by atoms with Crippen molar-refractivity contribution in [1.82, 2.24) is 5.32 Å². The van der Waals surface area contributed by atoms with Crippen LogP contribution < -0.4 is 5.32 Å². The number of nitrogens with one attached hydrogen (secondary N) is 1. The van der Waals surface area contributed by atoms with Crippen LogP contribution in [0.3, 0.4) is 0 Å². The van der Waals surface area contributed by atoms with Crippen molar-refractivity contribution in [2.45, 2.75) is 19.3 Å². The Balaban J connectivity index is 1.57. The fourth-order valence-corrected chi connectivity index (χ4v) is 2.29. The monoisotopic (exact) mass is 273 g/mol. The molecule has 0 bridgehead atoms. The third-order valence-electron chi connectivity index (χ3n) is 3.73. The van der Waals surface area contributed by atoms with Gasteiger partial charge in [-0.2, -0.15) is 0 Å². The van der Waals surface area contributed by atoms with Gasteiger partial charge in [-0.05, 0) is 25.0 Å². The lowest BCUT2D eigenvalue weighted by Crippen LogP contribution is -2.37. The maximum Gasteiger partial charge on any atom is 0.319 e. The Morgan fingerprint density at radius 3 is 2.70 bits per heavy atom. The molecule has 1 amide bonds. The average Bonchev–Trinajstić information content (AvgIpc) is 3.14. The van der Waals surface area contributed by atoms with Gasteiger partial charge in [-0.25, -0.2) is 0 Å². The molecule has 0 atom stereocenters. The van der Waals surface area contributed by atoms with E-state index in [9.17, 15) is 9.59 Å². The lowest BCUT2D eigenvalue weighted by Gasteiger charge is -2.09. The van der Waals surface area contributed by atoms with E-state index in [0.29, 0.717) is 25.8 Å². The first-order valence-electron chi connectivity index (χ1n) is 6.61. The van der Waals surface area contributed by atoms with Gasteiger partial charge in [-0.1, -0.05) is 18.2 Å². The van der Waals surface area contributed by atoms with Crippen LogP contribution in [0.2, 0.25) is 0 Å². The lowest BCUT2D eigenvalue weighted by atomic mass is 10.1. The number of benzene rings is 1. The maximum atomic E-state index is 11.8. The van der Waals surface area contributed by atoms with E-state index in [4.69, 9.17) is 9.52 Å². The van der Waals surface area contributed by atoms with E-state index in [1.54, 1.807) is 0 Å². The van der Waals surface area contributed by atoms with Gasteiger partial charge in [0.05, 0.1) is 0 Å². The molecule has 5 nitrogen and oxygen atoms in total. The van der Waals surface area contributed by atoms with Crippen LogP contribution in [0.25, 0.3) is 11.0 Å². The zero-order valence-electron chi connectivity index (χ0n) is 10.9. The largest absolute Gasteiger partial charge is 0.480 e. The zero-order chi connectivity index (χ0) is 14.2. The van der Waals surface area contributed by atoms with Crippen LogP contribution in [0, 0.1) is 5.41 Å². The van der Waals surface area contributed by atoms with Crippen molar-refractivity contribution >= 4 is 22.8 Å². The summed E-state index contributed by atoms with van der Waals surface area (Å²) in [5, 5.41) is 12.7. The molecule has 1 aliphatic rings. The summed E-state index contributed by atoms with van der Waals surface area (Å²) < 4.78 is 5.63. The summed E-state index contributed by atoms with van der Waals surface area (Å²) in [5.41, 5.74) is -0.355. The Labute approximate surface area is 115 Å². The number of rotatable bonds is 5. The molecule has 104 valence electrons. The smallest absolute Gasteiger partial charge is 0.319 e. The van der Waals surface area contributed by atoms with Gasteiger partial charge in [0.15, 0.2) is 0 Å². The van der Waals surface area contributed by atoms with Crippen molar-refractivity contribution < 1.29 is 19.1 Å². The number of carboxylic acid groups (broad SMARTS) is 1. The topological polar surface area (TPSA) is 79.5 Å². The number of hydrogen-bond donors (Lipinski definition) is 2. The van der Waals surface area contributed by atoms with Crippen LogP contribution in [-0.2, 0) is 16.0 Å². The molecule has 2 aromatic rings. The highest BCUT2D eigenvalue weighted by Gasteiger charge is 2.56. The van der Waals surface area contributed by atoms with Crippen LogP contribution in [0.1, 0.15) is 18.6 Å². The van der Waals surface area contributed by atoms with Gasteiger partial charge >= 0.3 is 5.97 Å². The number of amides is 1. The fourth-order valence-electron chi connectivity index (χ4n) is 2.29. The Morgan fingerprint density at radius 2 is 2.05 bits per heavy atom. The van der Waals surface area contributed by atoms with E-state index in [1.807, 2.05) is 30.3 Å². The number of para-hydroxylation sites is 1. The molecule has 1 heterocycles. The van der Waals surface area contributed by atoms with Crippen molar-refractivity contribution in [2.75, 3.05) is 6.54 Å². The van der Waals surface area contributed by atoms with Gasteiger partial charge in [0.2, 0.25) is 5.91 Å². The number of carboxylic acids is 1. The van der Waals surface area contributed by atoms with Crippen molar-refractivity contribution in [3.8, 4) is 0 Å². The van der Waals surface area contributed by atoms with Gasteiger partial charge in [-0.3, -0.25) is 9.59 Å². The number of carbonyl (C=O) groups excluding carboxylic acids is 1. The molecule has 20 heavy (non-hydrogen) atoms. The van der Waals surface area contributed by atoms with Gasteiger partial charge in [-0.15, -0.1) is 0 Å². The van der Waals surface area contributed by atoms with Gasteiger partial charge in [0.1, 0.15) is 16.8 Å². The summed E-state index contributed by atoms with van der Waals surface area (Å²) in [6.45, 7) is 0.383. The van der Waals surface area contributed by atoms with E-state index in [1.165, 1.54) is 0 Å². The predicted octanol–water partition coefficient (Wildman–Crippen LogP) is 1.96. The van der Waals surface area contributed by atoms with Crippen LogP contribution in [0.4, 0.5) is 0 Å². The summed E-state index contributed by atoms with van der Waals surface area (Å²) in [6, 6.07) is 9.63. The number of aliphatic carboxylic acids is 1. The first-order chi connectivity index (χ1) is 9.62. The molecule has 5 heteroatoms. The minimum Gasteiger partial charge on any atom is -0.480 e. The Hall–Kier alpha value is -2.30. The molecule has 1 aliphatic carbocycles. The summed E-state index contributed by atoms with van der Waals surface area (Å²) in [7, 11) is 0. The second-order valence-electron chi connectivity index (χ2n) is 5.14. The molecule has 0 radical (unpaired) electrons. The molecule has 1 fully saturated rings. The highest BCUT2D eigenvalue weighted by molar-refractivity contribution is 6.04. The summed E-state index contributed by atoms with van der Waals surface area (Å²) in [6.07, 6.45) is 1.41. The SMILES string of the molecule is O=C(O)C1(C(=O)NCCc2cc3ccccc3o2)CC1. The average molecular weight is 273 g/mol. The van der Waals surface area contributed by atoms with E-state index in [2.05, 4.69) is 5.32 Å². The Bertz CT molecular complexity index is 636. The van der Waals surface area contributed by atoms with Crippen LogP contribution in [0.5, 0.6) is 0 Å². The van der Waals surface area contributed by atoms with E-state index >= 15 is 0 Å². The second-order valence-corrected chi connectivity index (χ2v) is 5.14. The van der Waals surface area contributed by atoms with Gasteiger partial charge in [0, 0.05) is 18.4 Å². The van der Waals surface area contributed by atoms with Gasteiger partial charge < -0.3 is 14.8 Å². The van der Waals surface area contributed by atoms with Crippen molar-refractivity contribution in [2.24, 2.45) is 5.41 Å². The third-order valence-corrected chi connectivity index (χ3v) is 3.73. The summed E-state index contributed by atoms with van der Waals surface area (Å²) >= 11 is 0. The van der Waals surface area contributed by atoms with Crippen LogP contribution in [-0.4, -0.2) is 23.5 Å². The standard InChI is InChI=1S/C15H15NO4/c17-13(15(6-7-15)14(18)19)16-8-5-11-9-10-3-1-2-4-12(10)20-11/h1-4,9H,5-8H2,(H,16,17)(H,18,19). The maximum absolute atomic E-state index is 11.8. The first kappa shape index (κ1) is 12.7. The van der Waals surface area contributed by atoms with E-state index in [0.717, 1.165) is 16.7 Å². The zero-order valence-corrected chi connectivity index (χ0v) is 10.9. The quantitative estimate of drug-likeness (QED) is 0.816. The minimum atomic E-state index is -1.17. The van der Waals surface area contributed by atoms with Crippen LogP contribution >= 0.6 is 0 Å². The number of carbonyl (C=O) groups is 2. The second kappa shape index (κ2) is 4.67. The molecule has 0 unspecified atom stereocenters. The van der Waals surface area contributed by atoms with E-state index in [-0.39, 0.29) is 5.91 Å². The fraction of sp³-hybridized carbons (Fsp3) is 0.333. The summed E-state index contributed by atoms with van der Waals surface area (Å²) in [5.74, 6) is -0.633. The molecule has 2 N–H and O–H groups in total. The molecular weight excluding hydrogens is 258 g/mol. The molecule has 0 aliphatic heterocycles. The lowest BCUT2D eigenvalue weighted by molar-refractivity contribution is -0.149. The summed E-state index contributed by atoms with van der Waals surface area (Å²) in [4.78, 5) is 22.8. The van der Waals surface area contributed by atoms with E-state index < -0.39 is 11.4 Å². The normalized spacial score (nSPS) is 16.0. The first-order valence-corrected chi connectivity index (χ1v) is 6.61. The van der Waals surface area contributed by atoms with Crippen LogP contribution in [0.15, 0.2) is 34.7 Å². The van der Waals surface area contributed by atoms with Crippen molar-refractivity contribution in [3.05, 3.63) is 36.1 Å². The highest BCUT2D eigenvalue weighted by Crippen LogP contribution is 2.46. The molecule has 1 aromatic carbocycles. The molecule has 3 rings (SSSR count). The number of furan rings is 1. The molecular formula is C15H15NO4. The van der Waals surface area contributed by atoms with Crippen molar-refractivity contribution in [3.63, 3.8) is 0 Å². The third kappa shape index (κ3) is 2.15. The minimum absolute atomic E-state index is 0.383. The molecule has 0 spiro atoms. The molecule has 1 saturated carbocycles. The van der Waals surface area contributed by atoms with Crippen molar-refractivity contribution in [1.29, 1.82) is 0 Å². The highest BCUT2D eigenvalue weighted by atomic mass is 16.4. The predicted molar refractivity (Wildman–Crippen MR) is 72.2 cm³/mol. The number of hydrogen-bond acceptors (Lipinski definition) is 3.